The minimum absolute atomic E-state index is 0.0708. The van der Waals surface area contributed by atoms with E-state index in [1.807, 2.05) is 14.0 Å². The fraction of sp³-hybridized carbons (Fsp3) is 0.929. The van der Waals surface area contributed by atoms with Crippen molar-refractivity contribution in [3.8, 4) is 0 Å². The smallest absolute Gasteiger partial charge is 0.237 e. The fourth-order valence-electron chi connectivity index (χ4n) is 2.37. The molecule has 112 valence electrons. The molecule has 0 saturated carbocycles. The number of methoxy groups -OCH3 is 1. The maximum absolute atomic E-state index is 11.9. The second-order valence-electron chi connectivity index (χ2n) is 5.42. The van der Waals surface area contributed by atoms with Crippen LogP contribution in [0.1, 0.15) is 26.2 Å². The van der Waals surface area contributed by atoms with E-state index < -0.39 is 0 Å². The minimum Gasteiger partial charge on any atom is -0.383 e. The van der Waals surface area contributed by atoms with Crippen molar-refractivity contribution in [2.24, 2.45) is 5.92 Å². The molecule has 5 nitrogen and oxygen atoms in total. The molecule has 1 rings (SSSR count). The van der Waals surface area contributed by atoms with E-state index >= 15 is 0 Å². The van der Waals surface area contributed by atoms with Gasteiger partial charge in [0.1, 0.15) is 0 Å². The molecule has 0 radical (unpaired) electrons. The van der Waals surface area contributed by atoms with E-state index in [0.717, 1.165) is 25.6 Å². The van der Waals surface area contributed by atoms with Gasteiger partial charge in [-0.2, -0.15) is 0 Å². The Balaban J connectivity index is 2.19. The molecule has 0 spiro atoms. The number of hydrogen-bond acceptors (Lipinski definition) is 4. The summed E-state index contributed by atoms with van der Waals surface area (Å²) in [5, 5.41) is 6.27. The van der Waals surface area contributed by atoms with Crippen LogP contribution in [0.15, 0.2) is 0 Å². The lowest BCUT2D eigenvalue weighted by Gasteiger charge is -2.28. The van der Waals surface area contributed by atoms with Gasteiger partial charge < -0.3 is 15.4 Å². The second kappa shape index (κ2) is 9.28. The number of carbonyl (C=O) groups excluding carboxylic acids is 1. The second-order valence-corrected chi connectivity index (χ2v) is 5.42. The van der Waals surface area contributed by atoms with Crippen LogP contribution >= 0.6 is 0 Å². The third kappa shape index (κ3) is 6.36. The van der Waals surface area contributed by atoms with E-state index in [-0.39, 0.29) is 11.9 Å². The van der Waals surface area contributed by atoms with Crippen molar-refractivity contribution < 1.29 is 9.53 Å². The molecular formula is C14H29N3O2. The predicted molar refractivity (Wildman–Crippen MR) is 77.2 cm³/mol. The number of carbonyl (C=O) groups is 1. The monoisotopic (exact) mass is 271 g/mol. The molecule has 2 N–H and O–H groups in total. The Kier molecular flexibility index (Phi) is 8.02. The summed E-state index contributed by atoms with van der Waals surface area (Å²) in [4.78, 5) is 14.0. The summed E-state index contributed by atoms with van der Waals surface area (Å²) in [6.07, 6.45) is 3.72. The molecule has 0 aromatic rings. The first-order valence-electron chi connectivity index (χ1n) is 7.32. The fourth-order valence-corrected chi connectivity index (χ4v) is 2.37. The van der Waals surface area contributed by atoms with Crippen molar-refractivity contribution in [1.82, 2.24) is 15.5 Å². The first kappa shape index (κ1) is 16.4. The van der Waals surface area contributed by atoms with Crippen LogP contribution in [-0.4, -0.2) is 63.8 Å². The standard InChI is InChI=1S/C14H29N3O2/c1-12(14(18)16-9-11-19-3)17(2)10-6-13-4-7-15-8-5-13/h12-13,15H,4-11H2,1-3H3,(H,16,18). The summed E-state index contributed by atoms with van der Waals surface area (Å²) in [6.45, 7) is 6.38. The molecule has 0 bridgehead atoms. The van der Waals surface area contributed by atoms with Crippen LogP contribution in [0.3, 0.4) is 0 Å². The van der Waals surface area contributed by atoms with Gasteiger partial charge in [-0.05, 0) is 58.8 Å². The largest absolute Gasteiger partial charge is 0.383 e. The van der Waals surface area contributed by atoms with Crippen LogP contribution in [0, 0.1) is 5.92 Å². The molecule has 0 aliphatic carbocycles. The lowest BCUT2D eigenvalue weighted by Crippen LogP contribution is -2.44. The van der Waals surface area contributed by atoms with Crippen molar-refractivity contribution in [3.05, 3.63) is 0 Å². The molecule has 0 aromatic heterocycles. The van der Waals surface area contributed by atoms with Crippen LogP contribution in [0.25, 0.3) is 0 Å². The van der Waals surface area contributed by atoms with E-state index in [4.69, 9.17) is 4.74 Å². The number of nitrogens with zero attached hydrogens (tertiary/aromatic N) is 1. The van der Waals surface area contributed by atoms with E-state index in [9.17, 15) is 4.79 Å². The van der Waals surface area contributed by atoms with Gasteiger partial charge in [-0.3, -0.25) is 9.69 Å². The first-order chi connectivity index (χ1) is 9.15. The maximum Gasteiger partial charge on any atom is 0.237 e. The number of piperidine rings is 1. The van der Waals surface area contributed by atoms with Gasteiger partial charge in [0.25, 0.3) is 0 Å². The van der Waals surface area contributed by atoms with Gasteiger partial charge in [0.15, 0.2) is 0 Å². The van der Waals surface area contributed by atoms with E-state index in [2.05, 4.69) is 15.5 Å². The Hall–Kier alpha value is -0.650. The molecule has 1 aliphatic rings. The molecule has 1 fully saturated rings. The van der Waals surface area contributed by atoms with Gasteiger partial charge in [0.05, 0.1) is 12.6 Å². The quantitative estimate of drug-likeness (QED) is 0.630. The molecule has 1 saturated heterocycles. The van der Waals surface area contributed by atoms with E-state index in [1.54, 1.807) is 7.11 Å². The highest BCUT2D eigenvalue weighted by molar-refractivity contribution is 5.81. The summed E-state index contributed by atoms with van der Waals surface area (Å²) in [7, 11) is 3.67. The Morgan fingerprint density at radius 3 is 2.79 bits per heavy atom. The number of likely N-dealkylation sites (N-methyl/N-ethyl adjacent to an activating group) is 1. The van der Waals surface area contributed by atoms with Crippen molar-refractivity contribution in [2.75, 3.05) is 46.9 Å². The Morgan fingerprint density at radius 2 is 2.16 bits per heavy atom. The summed E-state index contributed by atoms with van der Waals surface area (Å²) >= 11 is 0. The molecule has 1 heterocycles. The maximum atomic E-state index is 11.9. The van der Waals surface area contributed by atoms with Gasteiger partial charge in [0, 0.05) is 13.7 Å². The zero-order chi connectivity index (χ0) is 14.1. The Bertz CT molecular complexity index is 255. The van der Waals surface area contributed by atoms with E-state index in [0.29, 0.717) is 13.2 Å². The van der Waals surface area contributed by atoms with Gasteiger partial charge in [-0.15, -0.1) is 0 Å². The normalized spacial score (nSPS) is 18.5. The lowest BCUT2D eigenvalue weighted by atomic mass is 9.94. The van der Waals surface area contributed by atoms with E-state index in [1.165, 1.54) is 19.3 Å². The van der Waals surface area contributed by atoms with Crippen LogP contribution in [-0.2, 0) is 9.53 Å². The summed E-state index contributed by atoms with van der Waals surface area (Å²) in [6, 6.07) is -0.0708. The van der Waals surface area contributed by atoms with Gasteiger partial charge in [-0.1, -0.05) is 0 Å². The summed E-state index contributed by atoms with van der Waals surface area (Å²) < 4.78 is 4.93. The average molecular weight is 271 g/mol. The molecule has 5 heteroatoms. The van der Waals surface area contributed by atoms with Crippen molar-refractivity contribution in [1.29, 1.82) is 0 Å². The number of nitrogens with one attached hydrogen (secondary N) is 2. The number of rotatable bonds is 8. The molecule has 1 aliphatic heterocycles. The Labute approximate surface area is 117 Å². The third-order valence-corrected chi connectivity index (χ3v) is 3.99. The van der Waals surface area contributed by atoms with Gasteiger partial charge in [0.2, 0.25) is 5.91 Å². The average Bonchev–Trinajstić information content (AvgIpc) is 2.45. The van der Waals surface area contributed by atoms with Crippen LogP contribution in [0.2, 0.25) is 0 Å². The molecule has 1 unspecified atom stereocenters. The molecule has 0 aromatic carbocycles. The number of ether oxygens (including phenoxy) is 1. The van der Waals surface area contributed by atoms with Crippen LogP contribution < -0.4 is 10.6 Å². The van der Waals surface area contributed by atoms with Crippen molar-refractivity contribution in [2.45, 2.75) is 32.2 Å². The highest BCUT2D eigenvalue weighted by Crippen LogP contribution is 2.16. The SMILES string of the molecule is COCCNC(=O)C(C)N(C)CCC1CCNCC1. The number of hydrogen-bond donors (Lipinski definition) is 2. The van der Waals surface area contributed by atoms with Gasteiger partial charge in [-0.25, -0.2) is 0 Å². The summed E-state index contributed by atoms with van der Waals surface area (Å²) in [5.41, 5.74) is 0. The zero-order valence-electron chi connectivity index (χ0n) is 12.6. The number of amides is 1. The van der Waals surface area contributed by atoms with Crippen LogP contribution in [0.4, 0.5) is 0 Å². The zero-order valence-corrected chi connectivity index (χ0v) is 12.6. The lowest BCUT2D eigenvalue weighted by molar-refractivity contribution is -0.125. The van der Waals surface area contributed by atoms with Crippen LogP contribution in [0.5, 0.6) is 0 Å². The highest BCUT2D eigenvalue weighted by atomic mass is 16.5. The molecule has 1 amide bonds. The Morgan fingerprint density at radius 1 is 1.47 bits per heavy atom. The molecular weight excluding hydrogens is 242 g/mol. The van der Waals surface area contributed by atoms with Gasteiger partial charge >= 0.3 is 0 Å². The first-order valence-corrected chi connectivity index (χ1v) is 7.32. The minimum atomic E-state index is -0.0708. The molecule has 1 atom stereocenters. The third-order valence-electron chi connectivity index (χ3n) is 3.99. The summed E-state index contributed by atoms with van der Waals surface area (Å²) in [5.74, 6) is 0.900. The molecule has 19 heavy (non-hydrogen) atoms. The highest BCUT2D eigenvalue weighted by Gasteiger charge is 2.19. The van der Waals surface area contributed by atoms with Crippen molar-refractivity contribution >= 4 is 5.91 Å². The van der Waals surface area contributed by atoms with Crippen molar-refractivity contribution in [3.63, 3.8) is 0 Å². The predicted octanol–water partition coefficient (Wildman–Crippen LogP) is 0.459. The topological polar surface area (TPSA) is 53.6 Å².